The first-order valence-electron chi connectivity index (χ1n) is 9.05. The number of ketones is 1. The minimum atomic E-state index is -0.729. The van der Waals surface area contributed by atoms with E-state index in [4.69, 9.17) is 15.6 Å². The molecule has 2 aromatic carbocycles. The van der Waals surface area contributed by atoms with Crippen LogP contribution in [0.2, 0.25) is 0 Å². The maximum absolute atomic E-state index is 12.3. The zero-order valence-electron chi connectivity index (χ0n) is 15.7. The third-order valence-corrected chi connectivity index (χ3v) is 4.33. The molecule has 26 heavy (non-hydrogen) atoms. The molecule has 0 spiro atoms. The molecule has 0 aliphatic carbocycles. The fourth-order valence-corrected chi connectivity index (χ4v) is 2.59. The highest BCUT2D eigenvalue weighted by molar-refractivity contribution is 5.96. The summed E-state index contributed by atoms with van der Waals surface area (Å²) < 4.78 is 5.53. The van der Waals surface area contributed by atoms with E-state index in [2.05, 4.69) is 31.2 Å². The standard InChI is InChI=1S/C22H29NO3/c1-17-6-8-18(9-7-17)4-3-5-21(25)20-12-10-19(11-13-20)14-26-16-22(2,23)15-24/h6-13,24H,3-5,14-16,23H2,1-2H3/t22-/m0/s1. The lowest BCUT2D eigenvalue weighted by Gasteiger charge is -2.21. The Labute approximate surface area is 156 Å². The van der Waals surface area contributed by atoms with Crippen LogP contribution in [0.5, 0.6) is 0 Å². The van der Waals surface area contributed by atoms with E-state index >= 15 is 0 Å². The first-order chi connectivity index (χ1) is 12.4. The highest BCUT2D eigenvalue weighted by Gasteiger charge is 2.16. The summed E-state index contributed by atoms with van der Waals surface area (Å²) in [7, 11) is 0. The van der Waals surface area contributed by atoms with Crippen LogP contribution in [0.4, 0.5) is 0 Å². The Bertz CT molecular complexity index is 690. The Morgan fingerprint density at radius 1 is 1.08 bits per heavy atom. The first kappa shape index (κ1) is 20.3. The number of benzene rings is 2. The van der Waals surface area contributed by atoms with Gasteiger partial charge in [-0.1, -0.05) is 54.1 Å². The van der Waals surface area contributed by atoms with Crippen molar-refractivity contribution in [3.05, 3.63) is 70.8 Å². The first-order valence-corrected chi connectivity index (χ1v) is 9.05. The number of carbonyl (C=O) groups excluding carboxylic acids is 1. The molecule has 0 bridgehead atoms. The zero-order valence-corrected chi connectivity index (χ0v) is 15.7. The number of carbonyl (C=O) groups is 1. The van der Waals surface area contributed by atoms with Crippen molar-refractivity contribution in [2.45, 2.75) is 45.3 Å². The largest absolute Gasteiger partial charge is 0.394 e. The van der Waals surface area contributed by atoms with Crippen LogP contribution in [0.25, 0.3) is 0 Å². The Hall–Kier alpha value is -2.01. The van der Waals surface area contributed by atoms with Gasteiger partial charge in [-0.2, -0.15) is 0 Å². The van der Waals surface area contributed by atoms with Crippen molar-refractivity contribution in [1.82, 2.24) is 0 Å². The van der Waals surface area contributed by atoms with Crippen LogP contribution in [-0.2, 0) is 17.8 Å². The van der Waals surface area contributed by atoms with Crippen LogP contribution < -0.4 is 5.73 Å². The molecule has 4 heteroatoms. The molecule has 3 N–H and O–H groups in total. The molecule has 0 aliphatic rings. The minimum Gasteiger partial charge on any atom is -0.394 e. The van der Waals surface area contributed by atoms with Crippen molar-refractivity contribution in [2.24, 2.45) is 5.73 Å². The molecular formula is C22H29NO3. The normalized spacial score (nSPS) is 13.4. The molecule has 0 heterocycles. The number of aliphatic hydroxyl groups is 1. The molecular weight excluding hydrogens is 326 g/mol. The third kappa shape index (κ3) is 6.71. The highest BCUT2D eigenvalue weighted by atomic mass is 16.5. The Morgan fingerprint density at radius 2 is 1.69 bits per heavy atom. The van der Waals surface area contributed by atoms with E-state index in [1.807, 2.05) is 24.3 Å². The summed E-state index contributed by atoms with van der Waals surface area (Å²) in [6.07, 6.45) is 2.31. The van der Waals surface area contributed by atoms with Crippen LogP contribution in [0, 0.1) is 6.92 Å². The quantitative estimate of drug-likeness (QED) is 0.641. The Balaban J connectivity index is 1.76. The lowest BCUT2D eigenvalue weighted by Crippen LogP contribution is -2.44. The fourth-order valence-electron chi connectivity index (χ4n) is 2.59. The molecule has 0 radical (unpaired) electrons. The molecule has 4 nitrogen and oxygen atoms in total. The van der Waals surface area contributed by atoms with Crippen molar-refractivity contribution in [3.63, 3.8) is 0 Å². The van der Waals surface area contributed by atoms with Gasteiger partial charge in [0.05, 0.1) is 25.4 Å². The van der Waals surface area contributed by atoms with Gasteiger partial charge in [0, 0.05) is 12.0 Å². The van der Waals surface area contributed by atoms with Gasteiger partial charge in [0.1, 0.15) is 0 Å². The fraction of sp³-hybridized carbons (Fsp3) is 0.409. The van der Waals surface area contributed by atoms with Gasteiger partial charge >= 0.3 is 0 Å². The van der Waals surface area contributed by atoms with E-state index < -0.39 is 5.54 Å². The van der Waals surface area contributed by atoms with Crippen LogP contribution in [-0.4, -0.2) is 29.6 Å². The van der Waals surface area contributed by atoms with Gasteiger partial charge < -0.3 is 15.6 Å². The highest BCUT2D eigenvalue weighted by Crippen LogP contribution is 2.12. The molecule has 0 aromatic heterocycles. The molecule has 0 amide bonds. The molecule has 0 unspecified atom stereocenters. The van der Waals surface area contributed by atoms with E-state index in [9.17, 15) is 4.79 Å². The molecule has 0 aliphatic heterocycles. The summed E-state index contributed by atoms with van der Waals surface area (Å²) >= 11 is 0. The van der Waals surface area contributed by atoms with Crippen molar-refractivity contribution >= 4 is 5.78 Å². The number of aliphatic hydroxyl groups excluding tert-OH is 1. The lowest BCUT2D eigenvalue weighted by atomic mass is 10.0. The van der Waals surface area contributed by atoms with Gasteiger partial charge in [0.2, 0.25) is 0 Å². The lowest BCUT2D eigenvalue weighted by molar-refractivity contribution is 0.0535. The summed E-state index contributed by atoms with van der Waals surface area (Å²) in [4.78, 5) is 12.3. The van der Waals surface area contributed by atoms with Gasteiger partial charge in [-0.25, -0.2) is 0 Å². The van der Waals surface area contributed by atoms with Gasteiger partial charge in [0.25, 0.3) is 0 Å². The summed E-state index contributed by atoms with van der Waals surface area (Å²) in [5.41, 5.74) is 9.33. The zero-order chi connectivity index (χ0) is 19.0. The summed E-state index contributed by atoms with van der Waals surface area (Å²) in [5, 5.41) is 9.10. The van der Waals surface area contributed by atoms with Crippen molar-refractivity contribution in [3.8, 4) is 0 Å². The maximum atomic E-state index is 12.3. The molecule has 2 aromatic rings. The topological polar surface area (TPSA) is 72.5 Å². The third-order valence-electron chi connectivity index (χ3n) is 4.33. The number of nitrogens with two attached hydrogens (primary N) is 1. The Morgan fingerprint density at radius 3 is 2.31 bits per heavy atom. The van der Waals surface area contributed by atoms with E-state index in [0.717, 1.165) is 24.0 Å². The smallest absolute Gasteiger partial charge is 0.162 e. The van der Waals surface area contributed by atoms with E-state index in [0.29, 0.717) is 13.0 Å². The molecule has 0 fully saturated rings. The SMILES string of the molecule is Cc1ccc(CCCC(=O)c2ccc(COC[C@@](C)(N)CO)cc2)cc1. The molecule has 0 saturated carbocycles. The maximum Gasteiger partial charge on any atom is 0.162 e. The predicted molar refractivity (Wildman–Crippen MR) is 104 cm³/mol. The minimum absolute atomic E-state index is 0.122. The summed E-state index contributed by atoms with van der Waals surface area (Å²) in [5.74, 6) is 0.166. The van der Waals surface area contributed by atoms with Crippen molar-refractivity contribution < 1.29 is 14.6 Å². The van der Waals surface area contributed by atoms with Crippen LogP contribution >= 0.6 is 0 Å². The van der Waals surface area contributed by atoms with E-state index in [-0.39, 0.29) is 19.0 Å². The van der Waals surface area contributed by atoms with Crippen LogP contribution in [0.3, 0.4) is 0 Å². The average Bonchev–Trinajstić information content (AvgIpc) is 2.64. The van der Waals surface area contributed by atoms with Crippen LogP contribution in [0.15, 0.2) is 48.5 Å². The predicted octanol–water partition coefficient (Wildman–Crippen LogP) is 3.43. The average molecular weight is 355 g/mol. The number of ether oxygens (including phenoxy) is 1. The second kappa shape index (κ2) is 9.62. The number of Topliss-reactive ketones (excluding diaryl/α,β-unsaturated/α-hetero) is 1. The number of hydrogen-bond donors (Lipinski definition) is 2. The molecule has 140 valence electrons. The second-order valence-corrected chi connectivity index (χ2v) is 7.26. The number of rotatable bonds is 10. The summed E-state index contributed by atoms with van der Waals surface area (Å²) in [6, 6.07) is 16.0. The monoisotopic (exact) mass is 355 g/mol. The Kier molecular flexibility index (Phi) is 7.51. The van der Waals surface area contributed by atoms with Gasteiger partial charge in [-0.15, -0.1) is 0 Å². The van der Waals surface area contributed by atoms with E-state index in [1.165, 1.54) is 11.1 Å². The summed E-state index contributed by atoms with van der Waals surface area (Å²) in [6.45, 7) is 4.38. The molecule has 0 saturated heterocycles. The molecule has 1 atom stereocenters. The van der Waals surface area contributed by atoms with Crippen molar-refractivity contribution in [2.75, 3.05) is 13.2 Å². The van der Waals surface area contributed by atoms with Crippen LogP contribution in [0.1, 0.15) is 46.8 Å². The second-order valence-electron chi connectivity index (χ2n) is 7.26. The van der Waals surface area contributed by atoms with E-state index in [1.54, 1.807) is 6.92 Å². The van der Waals surface area contributed by atoms with Gasteiger partial charge in [-0.3, -0.25) is 4.79 Å². The molecule has 2 rings (SSSR count). The van der Waals surface area contributed by atoms with Gasteiger partial charge in [-0.05, 0) is 37.8 Å². The number of hydrogen-bond acceptors (Lipinski definition) is 4. The van der Waals surface area contributed by atoms with Gasteiger partial charge in [0.15, 0.2) is 5.78 Å². The number of aryl methyl sites for hydroxylation is 2. The van der Waals surface area contributed by atoms with Crippen molar-refractivity contribution in [1.29, 1.82) is 0 Å².